The minimum absolute atomic E-state index is 0.0402. The van der Waals surface area contributed by atoms with Crippen LogP contribution in [0.4, 0.5) is 33.2 Å². The lowest BCUT2D eigenvalue weighted by atomic mass is 10.2. The number of aromatic nitrogens is 2. The van der Waals surface area contributed by atoms with Crippen LogP contribution in [-0.2, 0) is 0 Å². The molecule has 3 aromatic rings. The van der Waals surface area contributed by atoms with Gasteiger partial charge in [0.15, 0.2) is 11.6 Å². The summed E-state index contributed by atoms with van der Waals surface area (Å²) in [5, 5.41) is 6.01. The number of hydrogen-bond acceptors (Lipinski definition) is 7. The Morgan fingerprint density at radius 1 is 1.07 bits per heavy atom. The molecule has 0 saturated heterocycles. The molecule has 29 heavy (non-hydrogen) atoms. The molecule has 0 radical (unpaired) electrons. The van der Waals surface area contributed by atoms with Crippen molar-refractivity contribution in [2.45, 2.75) is 0 Å². The third-order valence-corrected chi connectivity index (χ3v) is 4.33. The largest absolute Gasteiger partial charge is 0.345 e. The van der Waals surface area contributed by atoms with E-state index in [-0.39, 0.29) is 17.7 Å². The summed E-state index contributed by atoms with van der Waals surface area (Å²) < 4.78 is 17.4. The zero-order valence-electron chi connectivity index (χ0n) is 16.2. The van der Waals surface area contributed by atoms with Gasteiger partial charge >= 0.3 is 0 Å². The fraction of sp³-hybridized carbons (Fsp3) is 0.150. The van der Waals surface area contributed by atoms with Crippen molar-refractivity contribution in [3.63, 3.8) is 0 Å². The summed E-state index contributed by atoms with van der Waals surface area (Å²) in [6.07, 6.45) is 3.00. The summed E-state index contributed by atoms with van der Waals surface area (Å²) in [5.41, 5.74) is 2.64. The number of rotatable bonds is 7. The standard InChI is InChI=1S/C20H21FN6OS/c1-27(2)19(28)13-7-6-8-14(11-13)23-20-22-12-15(21)18(25-20)24-16-9-4-5-10-17(16)26-29-3/h4-12,26H,1-3H3,(H2,22,23,24,25). The minimum Gasteiger partial charge on any atom is -0.345 e. The van der Waals surface area contributed by atoms with Gasteiger partial charge in [0, 0.05) is 31.6 Å². The first-order valence-electron chi connectivity index (χ1n) is 8.74. The topological polar surface area (TPSA) is 82.2 Å². The van der Waals surface area contributed by atoms with Crippen LogP contribution in [0.25, 0.3) is 0 Å². The van der Waals surface area contributed by atoms with Gasteiger partial charge in [-0.25, -0.2) is 9.37 Å². The molecule has 1 amide bonds. The first kappa shape index (κ1) is 20.4. The van der Waals surface area contributed by atoms with E-state index in [1.807, 2.05) is 30.5 Å². The molecule has 0 fully saturated rings. The second kappa shape index (κ2) is 9.24. The smallest absolute Gasteiger partial charge is 0.253 e. The van der Waals surface area contributed by atoms with E-state index in [1.54, 1.807) is 38.4 Å². The van der Waals surface area contributed by atoms with Crippen LogP contribution in [-0.4, -0.2) is 41.1 Å². The van der Waals surface area contributed by atoms with E-state index in [1.165, 1.54) is 16.8 Å². The lowest BCUT2D eigenvalue weighted by Gasteiger charge is -2.14. The molecule has 0 aliphatic rings. The van der Waals surface area contributed by atoms with Gasteiger partial charge in [-0.2, -0.15) is 4.98 Å². The highest BCUT2D eigenvalue weighted by Gasteiger charge is 2.12. The highest BCUT2D eigenvalue weighted by molar-refractivity contribution is 7.99. The van der Waals surface area contributed by atoms with E-state index in [4.69, 9.17) is 0 Å². The lowest BCUT2D eigenvalue weighted by Crippen LogP contribution is -2.21. The molecule has 3 rings (SSSR count). The van der Waals surface area contributed by atoms with Crippen LogP contribution < -0.4 is 15.4 Å². The van der Waals surface area contributed by atoms with Crippen molar-refractivity contribution in [1.29, 1.82) is 0 Å². The molecule has 150 valence electrons. The third kappa shape index (κ3) is 5.14. The predicted molar refractivity (Wildman–Crippen MR) is 117 cm³/mol. The number of anilines is 5. The van der Waals surface area contributed by atoms with Gasteiger partial charge in [-0.3, -0.25) is 4.79 Å². The van der Waals surface area contributed by atoms with Crippen LogP contribution >= 0.6 is 11.9 Å². The van der Waals surface area contributed by atoms with E-state index in [9.17, 15) is 9.18 Å². The van der Waals surface area contributed by atoms with Crippen LogP contribution in [0.2, 0.25) is 0 Å². The molecule has 0 atom stereocenters. The Balaban J connectivity index is 1.83. The minimum atomic E-state index is -0.578. The first-order valence-corrected chi connectivity index (χ1v) is 9.96. The molecule has 0 saturated carbocycles. The van der Waals surface area contributed by atoms with Gasteiger partial charge in [0.2, 0.25) is 5.95 Å². The summed E-state index contributed by atoms with van der Waals surface area (Å²) in [6, 6.07) is 14.4. The Labute approximate surface area is 172 Å². The number of carbonyl (C=O) groups excluding carboxylic acids is 1. The fourth-order valence-corrected chi connectivity index (χ4v) is 2.95. The number of nitrogens with zero attached hydrogens (tertiary/aromatic N) is 3. The second-order valence-electron chi connectivity index (χ2n) is 6.27. The normalized spacial score (nSPS) is 10.3. The van der Waals surface area contributed by atoms with Crippen LogP contribution in [0.1, 0.15) is 10.4 Å². The maximum Gasteiger partial charge on any atom is 0.253 e. The highest BCUT2D eigenvalue weighted by Crippen LogP contribution is 2.27. The summed E-state index contributed by atoms with van der Waals surface area (Å²) in [6.45, 7) is 0. The number of nitrogens with one attached hydrogen (secondary N) is 3. The average molecular weight is 412 g/mol. The molecule has 3 N–H and O–H groups in total. The van der Waals surface area contributed by atoms with Crippen molar-refractivity contribution in [2.75, 3.05) is 35.7 Å². The maximum absolute atomic E-state index is 14.3. The molecule has 1 heterocycles. The monoisotopic (exact) mass is 412 g/mol. The van der Waals surface area contributed by atoms with Crippen LogP contribution in [0.3, 0.4) is 0 Å². The lowest BCUT2D eigenvalue weighted by molar-refractivity contribution is 0.0827. The number of benzene rings is 2. The number of carbonyl (C=O) groups is 1. The average Bonchev–Trinajstić information content (AvgIpc) is 2.71. The number of amides is 1. The van der Waals surface area contributed by atoms with Crippen molar-refractivity contribution < 1.29 is 9.18 Å². The Bertz CT molecular complexity index is 1010. The second-order valence-corrected chi connectivity index (χ2v) is 6.88. The van der Waals surface area contributed by atoms with Gasteiger partial charge < -0.3 is 20.3 Å². The van der Waals surface area contributed by atoms with E-state index in [2.05, 4.69) is 25.3 Å². The van der Waals surface area contributed by atoms with Crippen molar-refractivity contribution >= 4 is 46.7 Å². The molecule has 7 nitrogen and oxygen atoms in total. The van der Waals surface area contributed by atoms with Crippen LogP contribution in [0.15, 0.2) is 54.7 Å². The van der Waals surface area contributed by atoms with Gasteiger partial charge in [0.05, 0.1) is 17.6 Å². The first-order chi connectivity index (χ1) is 14.0. The van der Waals surface area contributed by atoms with E-state index in [0.717, 1.165) is 11.9 Å². The fourth-order valence-electron chi connectivity index (χ4n) is 2.55. The zero-order valence-corrected chi connectivity index (χ0v) is 17.0. The predicted octanol–water partition coefficient (Wildman–Crippen LogP) is 4.49. The van der Waals surface area contributed by atoms with E-state index < -0.39 is 5.82 Å². The summed E-state index contributed by atoms with van der Waals surface area (Å²) in [5.74, 6) is -0.447. The van der Waals surface area contributed by atoms with Crippen molar-refractivity contribution in [3.05, 3.63) is 66.1 Å². The molecule has 0 bridgehead atoms. The van der Waals surface area contributed by atoms with Crippen LogP contribution in [0.5, 0.6) is 0 Å². The Hall–Kier alpha value is -3.33. The Morgan fingerprint density at radius 2 is 1.83 bits per heavy atom. The Morgan fingerprint density at radius 3 is 2.55 bits per heavy atom. The van der Waals surface area contributed by atoms with Crippen molar-refractivity contribution in [2.24, 2.45) is 0 Å². The zero-order chi connectivity index (χ0) is 20.8. The third-order valence-electron chi connectivity index (χ3n) is 3.91. The molecule has 0 spiro atoms. The van der Waals surface area contributed by atoms with Gasteiger partial charge in [0.25, 0.3) is 5.91 Å². The molecule has 2 aromatic carbocycles. The van der Waals surface area contributed by atoms with Crippen molar-refractivity contribution in [3.8, 4) is 0 Å². The van der Waals surface area contributed by atoms with E-state index in [0.29, 0.717) is 16.9 Å². The van der Waals surface area contributed by atoms with Gasteiger partial charge in [0.1, 0.15) is 0 Å². The summed E-state index contributed by atoms with van der Waals surface area (Å²) in [7, 11) is 3.38. The quantitative estimate of drug-likeness (QED) is 0.493. The van der Waals surface area contributed by atoms with Crippen LogP contribution in [0, 0.1) is 5.82 Å². The Kier molecular flexibility index (Phi) is 6.50. The van der Waals surface area contributed by atoms with Gasteiger partial charge in [-0.15, -0.1) is 0 Å². The molecule has 1 aromatic heterocycles. The van der Waals surface area contributed by atoms with E-state index >= 15 is 0 Å². The number of halogens is 1. The molecule has 0 aliphatic heterocycles. The van der Waals surface area contributed by atoms with Gasteiger partial charge in [-0.05, 0) is 30.3 Å². The van der Waals surface area contributed by atoms with Crippen molar-refractivity contribution in [1.82, 2.24) is 14.9 Å². The molecular weight excluding hydrogens is 391 g/mol. The molecule has 0 aliphatic carbocycles. The summed E-state index contributed by atoms with van der Waals surface area (Å²) in [4.78, 5) is 21.9. The summed E-state index contributed by atoms with van der Waals surface area (Å²) >= 11 is 1.43. The van der Waals surface area contributed by atoms with Gasteiger partial charge in [-0.1, -0.05) is 30.1 Å². The molecule has 9 heteroatoms. The maximum atomic E-state index is 14.3. The SMILES string of the molecule is CSNc1ccccc1Nc1nc(Nc2cccc(C(=O)N(C)C)c2)ncc1F. The molecular formula is C20H21FN6OS. The number of hydrogen-bond donors (Lipinski definition) is 3. The number of para-hydroxylation sites is 2. The highest BCUT2D eigenvalue weighted by atomic mass is 32.2. The molecule has 0 unspecified atom stereocenters.